The first-order chi connectivity index (χ1) is 9.79. The number of hydrogen-bond donors (Lipinski definition) is 2. The molecule has 0 saturated carbocycles. The maximum absolute atomic E-state index is 11.9. The first-order valence-electron chi connectivity index (χ1n) is 6.50. The Hall–Kier alpha value is -1.47. The van der Waals surface area contributed by atoms with E-state index in [2.05, 4.69) is 5.43 Å². The topological polar surface area (TPSA) is 73.6 Å². The highest BCUT2D eigenvalue weighted by Crippen LogP contribution is 2.32. The van der Waals surface area contributed by atoms with Crippen molar-refractivity contribution < 1.29 is 14.3 Å². The first kappa shape index (κ1) is 13.5. The number of rotatable bonds is 4. The predicted octanol–water partition coefficient (Wildman–Crippen LogP) is 1.81. The lowest BCUT2D eigenvalue weighted by molar-refractivity contribution is 0.0320. The second-order valence-corrected chi connectivity index (χ2v) is 5.73. The molecule has 2 aromatic rings. The third-order valence-electron chi connectivity index (χ3n) is 3.39. The van der Waals surface area contributed by atoms with Crippen molar-refractivity contribution in [2.45, 2.75) is 19.1 Å². The lowest BCUT2D eigenvalue weighted by atomic mass is 10.1. The average molecular weight is 292 g/mol. The van der Waals surface area contributed by atoms with Crippen LogP contribution in [0.3, 0.4) is 0 Å². The van der Waals surface area contributed by atoms with Gasteiger partial charge in [0, 0.05) is 16.9 Å². The minimum Gasteiger partial charge on any atom is -0.379 e. The molecular weight excluding hydrogens is 276 g/mol. The van der Waals surface area contributed by atoms with Gasteiger partial charge in [0.1, 0.15) is 0 Å². The molecule has 3 N–H and O–H groups in total. The van der Waals surface area contributed by atoms with Crippen molar-refractivity contribution in [3.8, 4) is 0 Å². The Morgan fingerprint density at radius 1 is 1.50 bits per heavy atom. The number of carbonyl (C=O) groups is 1. The van der Waals surface area contributed by atoms with E-state index >= 15 is 0 Å². The summed E-state index contributed by atoms with van der Waals surface area (Å²) in [7, 11) is 0. The van der Waals surface area contributed by atoms with E-state index in [1.807, 2.05) is 24.3 Å². The molecule has 1 atom stereocenters. The minimum atomic E-state index is -0.271. The van der Waals surface area contributed by atoms with E-state index in [9.17, 15) is 4.79 Å². The van der Waals surface area contributed by atoms with Crippen LogP contribution in [-0.4, -0.2) is 25.2 Å². The van der Waals surface area contributed by atoms with E-state index in [1.54, 1.807) is 0 Å². The zero-order valence-electron chi connectivity index (χ0n) is 10.9. The fourth-order valence-electron chi connectivity index (χ4n) is 2.34. The maximum Gasteiger partial charge on any atom is 0.275 e. The van der Waals surface area contributed by atoms with Crippen molar-refractivity contribution in [1.29, 1.82) is 0 Å². The van der Waals surface area contributed by atoms with Gasteiger partial charge in [-0.05, 0) is 17.9 Å². The van der Waals surface area contributed by atoms with Crippen molar-refractivity contribution in [2.75, 3.05) is 13.2 Å². The van der Waals surface area contributed by atoms with Gasteiger partial charge in [-0.2, -0.15) is 0 Å². The molecule has 1 aliphatic heterocycles. The van der Waals surface area contributed by atoms with Gasteiger partial charge < -0.3 is 9.47 Å². The quantitative estimate of drug-likeness (QED) is 0.512. The molecule has 1 unspecified atom stereocenters. The largest absolute Gasteiger partial charge is 0.379 e. The number of fused-ring (bicyclic) bond motifs is 1. The van der Waals surface area contributed by atoms with Crippen LogP contribution in [0.1, 0.15) is 21.7 Å². The van der Waals surface area contributed by atoms with Crippen LogP contribution in [0.2, 0.25) is 0 Å². The summed E-state index contributed by atoms with van der Waals surface area (Å²) in [4.78, 5) is 12.5. The Labute approximate surface area is 120 Å². The van der Waals surface area contributed by atoms with Gasteiger partial charge in [-0.15, -0.1) is 11.3 Å². The van der Waals surface area contributed by atoms with Gasteiger partial charge in [0.05, 0.1) is 24.2 Å². The molecule has 3 rings (SSSR count). The van der Waals surface area contributed by atoms with E-state index in [4.69, 9.17) is 15.3 Å². The molecule has 1 aromatic carbocycles. The Morgan fingerprint density at radius 3 is 3.10 bits per heavy atom. The molecule has 0 radical (unpaired) electrons. The Balaban J connectivity index is 1.91. The number of nitrogens with two attached hydrogens (primary N) is 1. The van der Waals surface area contributed by atoms with Crippen LogP contribution in [0.5, 0.6) is 0 Å². The highest BCUT2D eigenvalue weighted by molar-refractivity contribution is 7.21. The number of hydrazine groups is 1. The summed E-state index contributed by atoms with van der Waals surface area (Å²) in [5.74, 6) is 4.99. The number of benzene rings is 1. The van der Waals surface area contributed by atoms with Crippen LogP contribution in [0.4, 0.5) is 0 Å². The summed E-state index contributed by atoms with van der Waals surface area (Å²) >= 11 is 1.44. The number of hydrogen-bond acceptors (Lipinski definition) is 5. The summed E-state index contributed by atoms with van der Waals surface area (Å²) < 4.78 is 12.2. The van der Waals surface area contributed by atoms with E-state index in [0.717, 1.165) is 28.7 Å². The zero-order chi connectivity index (χ0) is 13.9. The molecule has 1 saturated heterocycles. The molecular formula is C14H16N2O3S. The van der Waals surface area contributed by atoms with E-state index < -0.39 is 0 Å². The van der Waals surface area contributed by atoms with Gasteiger partial charge in [-0.25, -0.2) is 5.84 Å². The van der Waals surface area contributed by atoms with Crippen LogP contribution >= 0.6 is 11.3 Å². The van der Waals surface area contributed by atoms with Crippen molar-refractivity contribution >= 4 is 27.3 Å². The van der Waals surface area contributed by atoms with Crippen molar-refractivity contribution in [3.63, 3.8) is 0 Å². The molecule has 1 aromatic heterocycles. The molecule has 5 nitrogen and oxygen atoms in total. The molecule has 0 bridgehead atoms. The smallest absolute Gasteiger partial charge is 0.275 e. The lowest BCUT2D eigenvalue weighted by Crippen LogP contribution is -2.30. The normalized spacial score (nSPS) is 18.6. The number of nitrogens with one attached hydrogen (secondary N) is 1. The highest BCUT2D eigenvalue weighted by atomic mass is 32.1. The van der Waals surface area contributed by atoms with E-state index in [0.29, 0.717) is 18.1 Å². The monoisotopic (exact) mass is 292 g/mol. The number of ether oxygens (including phenoxy) is 2. The third kappa shape index (κ3) is 2.55. The molecule has 1 fully saturated rings. The average Bonchev–Trinajstić information content (AvgIpc) is 3.11. The molecule has 1 amide bonds. The van der Waals surface area contributed by atoms with Crippen LogP contribution in [0.25, 0.3) is 10.1 Å². The summed E-state index contributed by atoms with van der Waals surface area (Å²) in [5, 5.41) is 1.05. The van der Waals surface area contributed by atoms with Crippen molar-refractivity contribution in [2.24, 2.45) is 5.84 Å². The minimum absolute atomic E-state index is 0.113. The van der Waals surface area contributed by atoms with Gasteiger partial charge in [0.2, 0.25) is 0 Å². The number of carbonyl (C=O) groups excluding carboxylic acids is 1. The Kier molecular flexibility index (Phi) is 3.98. The Bertz CT molecular complexity index is 620. The van der Waals surface area contributed by atoms with Crippen LogP contribution in [-0.2, 0) is 16.1 Å². The molecule has 0 spiro atoms. The van der Waals surface area contributed by atoms with Gasteiger partial charge >= 0.3 is 0 Å². The van der Waals surface area contributed by atoms with E-state index in [-0.39, 0.29) is 12.0 Å². The predicted molar refractivity (Wildman–Crippen MR) is 77.5 cm³/mol. The third-order valence-corrected chi connectivity index (χ3v) is 4.60. The van der Waals surface area contributed by atoms with Gasteiger partial charge in [-0.3, -0.25) is 10.2 Å². The fraction of sp³-hybridized carbons (Fsp3) is 0.357. The zero-order valence-corrected chi connectivity index (χ0v) is 11.7. The fourth-order valence-corrected chi connectivity index (χ4v) is 3.45. The second kappa shape index (κ2) is 5.88. The SMILES string of the molecule is NNC(=O)c1sc2ccccc2c1COC1CCOC1. The highest BCUT2D eigenvalue weighted by Gasteiger charge is 2.21. The van der Waals surface area contributed by atoms with Crippen molar-refractivity contribution in [1.82, 2.24) is 5.43 Å². The van der Waals surface area contributed by atoms with Gasteiger partial charge in [0.15, 0.2) is 0 Å². The lowest BCUT2D eigenvalue weighted by Gasteiger charge is -2.10. The summed E-state index contributed by atoms with van der Waals surface area (Å²) in [6.45, 7) is 1.77. The summed E-state index contributed by atoms with van der Waals surface area (Å²) in [5.41, 5.74) is 3.11. The van der Waals surface area contributed by atoms with Crippen LogP contribution < -0.4 is 11.3 Å². The molecule has 2 heterocycles. The first-order valence-corrected chi connectivity index (χ1v) is 7.32. The Morgan fingerprint density at radius 2 is 2.35 bits per heavy atom. The molecule has 1 aliphatic rings. The van der Waals surface area contributed by atoms with Gasteiger partial charge in [-0.1, -0.05) is 18.2 Å². The number of amides is 1. The second-order valence-electron chi connectivity index (χ2n) is 4.68. The molecule has 106 valence electrons. The van der Waals surface area contributed by atoms with Crippen molar-refractivity contribution in [3.05, 3.63) is 34.7 Å². The summed E-state index contributed by atoms with van der Waals surface area (Å²) in [6.07, 6.45) is 1.02. The summed E-state index contributed by atoms with van der Waals surface area (Å²) in [6, 6.07) is 7.91. The molecule has 0 aliphatic carbocycles. The maximum atomic E-state index is 11.9. The number of nitrogen functional groups attached to an aromatic ring is 1. The molecule has 6 heteroatoms. The van der Waals surface area contributed by atoms with Crippen LogP contribution in [0.15, 0.2) is 24.3 Å². The van der Waals surface area contributed by atoms with E-state index in [1.165, 1.54) is 11.3 Å². The van der Waals surface area contributed by atoms with Crippen LogP contribution in [0, 0.1) is 0 Å². The number of thiophene rings is 1. The van der Waals surface area contributed by atoms with Gasteiger partial charge in [0.25, 0.3) is 5.91 Å². The molecule has 20 heavy (non-hydrogen) atoms. The standard InChI is InChI=1S/C14H16N2O3S/c15-16-14(17)13-11(8-19-9-5-6-18-7-9)10-3-1-2-4-12(10)20-13/h1-4,9H,5-8,15H2,(H,16,17).